The van der Waals surface area contributed by atoms with E-state index >= 15 is 0 Å². The lowest BCUT2D eigenvalue weighted by atomic mass is 9.99. The highest BCUT2D eigenvalue weighted by Gasteiger charge is 2.28. The van der Waals surface area contributed by atoms with E-state index in [-0.39, 0.29) is 11.6 Å². The van der Waals surface area contributed by atoms with E-state index in [9.17, 15) is 9.18 Å². The molecule has 0 unspecified atom stereocenters. The molecule has 120 valence electrons. The summed E-state index contributed by atoms with van der Waals surface area (Å²) in [6.45, 7) is 5.72. The lowest BCUT2D eigenvalue weighted by Crippen LogP contribution is -2.54. The highest BCUT2D eigenvalue weighted by Crippen LogP contribution is 2.21. The summed E-state index contributed by atoms with van der Waals surface area (Å²) in [6, 6.07) is 6.61. The van der Waals surface area contributed by atoms with Crippen LogP contribution in [0, 0.1) is 5.82 Å². The number of Topliss-reactive ketones (excluding diaryl/α,β-unsaturated/α-hetero) is 1. The molecule has 0 radical (unpaired) electrons. The molecule has 0 N–H and O–H groups in total. The van der Waals surface area contributed by atoms with Crippen molar-refractivity contribution in [3.8, 4) is 0 Å². The molecule has 1 aromatic carbocycles. The van der Waals surface area contributed by atoms with Gasteiger partial charge in [-0.2, -0.15) is 0 Å². The van der Waals surface area contributed by atoms with E-state index in [1.54, 1.807) is 12.1 Å². The lowest BCUT2D eigenvalue weighted by molar-refractivity contribution is 0.0485. The predicted octanol–water partition coefficient (Wildman–Crippen LogP) is 2.96. The van der Waals surface area contributed by atoms with Crippen LogP contribution >= 0.6 is 0 Å². The van der Waals surface area contributed by atoms with E-state index in [1.165, 1.54) is 44.5 Å². The first-order valence-corrected chi connectivity index (χ1v) is 8.47. The molecule has 0 spiro atoms. The van der Waals surface area contributed by atoms with Crippen molar-refractivity contribution >= 4 is 5.78 Å². The third-order valence-corrected chi connectivity index (χ3v) is 4.97. The van der Waals surface area contributed by atoms with Crippen LogP contribution in [0.4, 0.5) is 4.39 Å². The number of carbonyl (C=O) groups is 1. The number of nitrogens with zero attached hydrogens (tertiary/aromatic N) is 2. The molecule has 3 nitrogen and oxygen atoms in total. The number of halogens is 1. The molecule has 0 aliphatic carbocycles. The number of hydrogen-bond acceptors (Lipinski definition) is 3. The predicted molar refractivity (Wildman–Crippen MR) is 85.6 cm³/mol. The summed E-state index contributed by atoms with van der Waals surface area (Å²) in [7, 11) is 0. The number of piperazine rings is 1. The minimum absolute atomic E-state index is 0.122. The number of fused-ring (bicyclic) bond motifs is 1. The maximum atomic E-state index is 12.9. The van der Waals surface area contributed by atoms with E-state index in [0.29, 0.717) is 12.0 Å². The Morgan fingerprint density at radius 3 is 2.77 bits per heavy atom. The van der Waals surface area contributed by atoms with Crippen LogP contribution in [0.15, 0.2) is 24.3 Å². The molecule has 3 rings (SSSR count). The van der Waals surface area contributed by atoms with Crippen LogP contribution < -0.4 is 0 Å². The first-order valence-electron chi connectivity index (χ1n) is 8.47. The number of carbonyl (C=O) groups excluding carboxylic acids is 1. The van der Waals surface area contributed by atoms with Gasteiger partial charge in [0.25, 0.3) is 0 Å². The van der Waals surface area contributed by atoms with Gasteiger partial charge in [0.05, 0.1) is 0 Å². The van der Waals surface area contributed by atoms with Crippen molar-refractivity contribution in [2.45, 2.75) is 38.1 Å². The third-order valence-electron chi connectivity index (χ3n) is 4.97. The van der Waals surface area contributed by atoms with Gasteiger partial charge < -0.3 is 4.90 Å². The molecule has 0 amide bonds. The van der Waals surface area contributed by atoms with Gasteiger partial charge in [-0.05, 0) is 56.6 Å². The summed E-state index contributed by atoms with van der Waals surface area (Å²) in [5.74, 6) is -0.168. The normalized spacial score (nSPS) is 23.2. The summed E-state index contributed by atoms with van der Waals surface area (Å²) in [5, 5.41) is 0. The minimum Gasteiger partial charge on any atom is -0.300 e. The van der Waals surface area contributed by atoms with Gasteiger partial charge in [-0.1, -0.05) is 6.42 Å². The molecular formula is C18H25FN2O. The molecule has 1 aromatic rings. The molecule has 22 heavy (non-hydrogen) atoms. The van der Waals surface area contributed by atoms with E-state index in [1.807, 2.05) is 0 Å². The number of ketones is 1. The van der Waals surface area contributed by atoms with Crippen molar-refractivity contribution in [1.82, 2.24) is 9.80 Å². The van der Waals surface area contributed by atoms with Crippen molar-refractivity contribution < 1.29 is 9.18 Å². The fourth-order valence-corrected chi connectivity index (χ4v) is 3.67. The first-order chi connectivity index (χ1) is 10.7. The molecule has 4 heteroatoms. The van der Waals surface area contributed by atoms with Crippen LogP contribution in [-0.4, -0.2) is 54.3 Å². The summed E-state index contributed by atoms with van der Waals surface area (Å²) < 4.78 is 12.9. The lowest BCUT2D eigenvalue weighted by Gasteiger charge is -2.44. The molecule has 0 saturated carbocycles. The molecule has 0 bridgehead atoms. The Hall–Kier alpha value is -1.26. The average molecular weight is 304 g/mol. The molecule has 2 aliphatic rings. The summed E-state index contributed by atoms with van der Waals surface area (Å²) in [5.41, 5.74) is 0.624. The Kier molecular flexibility index (Phi) is 5.21. The molecule has 2 fully saturated rings. The van der Waals surface area contributed by atoms with Crippen LogP contribution in [0.1, 0.15) is 42.5 Å². The SMILES string of the molecule is O=C(CCCN1CCN2CCCC[C@@H]2C1)c1ccc(F)cc1. The summed E-state index contributed by atoms with van der Waals surface area (Å²) in [6.07, 6.45) is 5.48. The topological polar surface area (TPSA) is 23.6 Å². The van der Waals surface area contributed by atoms with E-state index < -0.39 is 0 Å². The Balaban J connectivity index is 1.41. The zero-order chi connectivity index (χ0) is 15.4. The standard InChI is InChI=1S/C18H25FN2O/c19-16-8-6-15(7-9-16)18(22)5-3-10-20-12-13-21-11-2-1-4-17(21)14-20/h6-9,17H,1-5,10-14H2/t17-/m1/s1. The number of benzene rings is 1. The van der Waals surface area contributed by atoms with Gasteiger partial charge in [0.1, 0.15) is 5.82 Å². The van der Waals surface area contributed by atoms with Crippen molar-refractivity contribution in [2.24, 2.45) is 0 Å². The van der Waals surface area contributed by atoms with Crippen molar-refractivity contribution in [3.63, 3.8) is 0 Å². The van der Waals surface area contributed by atoms with Crippen LogP contribution in [0.2, 0.25) is 0 Å². The largest absolute Gasteiger partial charge is 0.300 e. The van der Waals surface area contributed by atoms with E-state index in [0.717, 1.165) is 32.1 Å². The molecule has 1 atom stereocenters. The Labute approximate surface area is 132 Å². The second kappa shape index (κ2) is 7.34. The minimum atomic E-state index is -0.290. The van der Waals surface area contributed by atoms with Crippen molar-refractivity contribution in [2.75, 3.05) is 32.7 Å². The van der Waals surface area contributed by atoms with Crippen LogP contribution in [0.3, 0.4) is 0 Å². The van der Waals surface area contributed by atoms with Gasteiger partial charge in [0, 0.05) is 37.7 Å². The maximum Gasteiger partial charge on any atom is 0.162 e. The molecule has 0 aromatic heterocycles. The second-order valence-electron chi connectivity index (χ2n) is 6.52. The van der Waals surface area contributed by atoms with Crippen LogP contribution in [0.5, 0.6) is 0 Å². The molecule has 2 saturated heterocycles. The van der Waals surface area contributed by atoms with Gasteiger partial charge in [-0.3, -0.25) is 9.69 Å². The number of piperidine rings is 1. The van der Waals surface area contributed by atoms with Gasteiger partial charge in [-0.15, -0.1) is 0 Å². The van der Waals surface area contributed by atoms with E-state index in [2.05, 4.69) is 9.80 Å². The maximum absolute atomic E-state index is 12.9. The first kappa shape index (κ1) is 15.6. The Bertz CT molecular complexity index is 502. The Morgan fingerprint density at radius 2 is 1.95 bits per heavy atom. The quantitative estimate of drug-likeness (QED) is 0.781. The summed E-state index contributed by atoms with van der Waals surface area (Å²) >= 11 is 0. The van der Waals surface area contributed by atoms with Gasteiger partial charge in [0.2, 0.25) is 0 Å². The average Bonchev–Trinajstić information content (AvgIpc) is 2.55. The highest BCUT2D eigenvalue weighted by molar-refractivity contribution is 5.95. The smallest absolute Gasteiger partial charge is 0.162 e. The molecule has 2 aliphatic heterocycles. The zero-order valence-corrected chi connectivity index (χ0v) is 13.1. The van der Waals surface area contributed by atoms with Gasteiger partial charge >= 0.3 is 0 Å². The number of rotatable bonds is 5. The van der Waals surface area contributed by atoms with Gasteiger partial charge in [-0.25, -0.2) is 4.39 Å². The number of hydrogen-bond donors (Lipinski definition) is 0. The van der Waals surface area contributed by atoms with Crippen molar-refractivity contribution in [1.29, 1.82) is 0 Å². The third kappa shape index (κ3) is 3.93. The fourth-order valence-electron chi connectivity index (χ4n) is 3.67. The summed E-state index contributed by atoms with van der Waals surface area (Å²) in [4.78, 5) is 17.2. The van der Waals surface area contributed by atoms with Crippen LogP contribution in [0.25, 0.3) is 0 Å². The van der Waals surface area contributed by atoms with Crippen LogP contribution in [-0.2, 0) is 0 Å². The van der Waals surface area contributed by atoms with Gasteiger partial charge in [0.15, 0.2) is 5.78 Å². The highest BCUT2D eigenvalue weighted by atomic mass is 19.1. The molecule has 2 heterocycles. The second-order valence-corrected chi connectivity index (χ2v) is 6.52. The monoisotopic (exact) mass is 304 g/mol. The Morgan fingerprint density at radius 1 is 1.14 bits per heavy atom. The van der Waals surface area contributed by atoms with E-state index in [4.69, 9.17) is 0 Å². The fraction of sp³-hybridized carbons (Fsp3) is 0.611. The molecular weight excluding hydrogens is 279 g/mol. The zero-order valence-electron chi connectivity index (χ0n) is 13.1. The van der Waals surface area contributed by atoms with Crippen molar-refractivity contribution in [3.05, 3.63) is 35.6 Å².